The van der Waals surface area contributed by atoms with Gasteiger partial charge < -0.3 is 19.1 Å². The third kappa shape index (κ3) is 3.46. The highest BCUT2D eigenvalue weighted by Gasteiger charge is 2.65. The minimum atomic E-state index is -1.05. The van der Waals surface area contributed by atoms with Crippen LogP contribution in [0.4, 0.5) is 11.4 Å². The number of esters is 1. The van der Waals surface area contributed by atoms with Gasteiger partial charge in [-0.2, -0.15) is 0 Å². The Balaban J connectivity index is 1.28. The Bertz CT molecular complexity index is 1600. The Morgan fingerprint density at radius 3 is 2.44 bits per heavy atom. The van der Waals surface area contributed by atoms with Crippen LogP contribution < -0.4 is 24.0 Å². The Morgan fingerprint density at radius 1 is 0.897 bits per heavy atom. The number of fused-ring (bicyclic) bond motifs is 6. The van der Waals surface area contributed by atoms with E-state index in [1.54, 1.807) is 42.5 Å². The summed E-state index contributed by atoms with van der Waals surface area (Å²) in [5, 5.41) is 0. The predicted molar refractivity (Wildman–Crippen MR) is 140 cm³/mol. The molecule has 0 bridgehead atoms. The molecule has 0 aromatic heterocycles. The second-order valence-corrected chi connectivity index (χ2v) is 9.86. The fraction of sp³-hybridized carbons (Fsp3) is 0.200. The summed E-state index contributed by atoms with van der Waals surface area (Å²) in [7, 11) is 0. The van der Waals surface area contributed by atoms with Crippen molar-refractivity contribution in [1.82, 2.24) is 0 Å². The van der Waals surface area contributed by atoms with Crippen LogP contribution in [0.5, 0.6) is 17.2 Å². The fourth-order valence-electron chi connectivity index (χ4n) is 6.00. The quantitative estimate of drug-likeness (QED) is 0.222. The lowest BCUT2D eigenvalue weighted by Crippen LogP contribution is -2.50. The fourth-order valence-corrected chi connectivity index (χ4v) is 6.00. The lowest BCUT2D eigenvalue weighted by molar-refractivity contribution is -0.139. The molecular formula is C30H22N2O7. The summed E-state index contributed by atoms with van der Waals surface area (Å²) in [6.45, 7) is 1.52. The number of Topliss-reactive ketones (excluding diaryl/α,β-unsaturated/α-hetero) is 1. The molecule has 9 nitrogen and oxygen atoms in total. The number of para-hydroxylation sites is 1. The van der Waals surface area contributed by atoms with E-state index in [2.05, 4.69) is 0 Å². The highest BCUT2D eigenvalue weighted by molar-refractivity contribution is 6.24. The maximum absolute atomic E-state index is 14.0. The molecule has 0 N–H and O–H groups in total. The molecule has 0 aliphatic carbocycles. The highest BCUT2D eigenvalue weighted by atomic mass is 16.7. The van der Waals surface area contributed by atoms with Crippen molar-refractivity contribution in [2.45, 2.75) is 19.0 Å². The van der Waals surface area contributed by atoms with Crippen molar-refractivity contribution in [3.8, 4) is 17.2 Å². The third-order valence-electron chi connectivity index (χ3n) is 7.75. The number of hydrogen-bond acceptors (Lipinski definition) is 8. The number of rotatable bonds is 4. The molecule has 2 amide bonds. The van der Waals surface area contributed by atoms with Gasteiger partial charge in [-0.1, -0.05) is 30.4 Å². The molecule has 4 unspecified atom stereocenters. The van der Waals surface area contributed by atoms with E-state index in [1.807, 2.05) is 41.3 Å². The van der Waals surface area contributed by atoms with Crippen molar-refractivity contribution in [3.63, 3.8) is 0 Å². The lowest BCUT2D eigenvalue weighted by atomic mass is 9.89. The molecule has 4 heterocycles. The van der Waals surface area contributed by atoms with Gasteiger partial charge in [0.1, 0.15) is 11.8 Å². The molecule has 7 rings (SSSR count). The van der Waals surface area contributed by atoms with Gasteiger partial charge in [0.05, 0.1) is 23.6 Å². The van der Waals surface area contributed by atoms with Crippen molar-refractivity contribution in [2.24, 2.45) is 11.8 Å². The summed E-state index contributed by atoms with van der Waals surface area (Å²) in [6, 6.07) is 17.1. The monoisotopic (exact) mass is 522 g/mol. The van der Waals surface area contributed by atoms with Crippen molar-refractivity contribution in [3.05, 3.63) is 83.9 Å². The molecule has 4 aliphatic heterocycles. The number of benzene rings is 3. The maximum atomic E-state index is 14.0. The van der Waals surface area contributed by atoms with E-state index < -0.39 is 35.8 Å². The third-order valence-corrected chi connectivity index (χ3v) is 7.75. The molecule has 0 spiro atoms. The maximum Gasteiger partial charge on any atom is 0.335 e. The van der Waals surface area contributed by atoms with Gasteiger partial charge in [0.2, 0.25) is 18.6 Å². The smallest absolute Gasteiger partial charge is 0.335 e. The zero-order valence-electron chi connectivity index (χ0n) is 20.8. The molecule has 4 aliphatic rings. The van der Waals surface area contributed by atoms with Gasteiger partial charge in [-0.25, -0.2) is 9.69 Å². The van der Waals surface area contributed by atoms with E-state index in [4.69, 9.17) is 14.2 Å². The summed E-state index contributed by atoms with van der Waals surface area (Å²) in [5.74, 6) is -2.14. The van der Waals surface area contributed by atoms with Crippen LogP contribution in [0, 0.1) is 11.8 Å². The van der Waals surface area contributed by atoms with Gasteiger partial charge in [0.25, 0.3) is 0 Å². The molecular weight excluding hydrogens is 500 g/mol. The molecule has 0 radical (unpaired) electrons. The molecule has 194 valence electrons. The van der Waals surface area contributed by atoms with Crippen LogP contribution in [-0.2, 0) is 14.4 Å². The number of ether oxygens (including phenoxy) is 3. The van der Waals surface area contributed by atoms with E-state index in [0.29, 0.717) is 22.7 Å². The molecule has 2 fully saturated rings. The molecule has 0 saturated carbocycles. The second-order valence-electron chi connectivity index (χ2n) is 9.86. The average molecular weight is 523 g/mol. The Morgan fingerprint density at radius 2 is 1.64 bits per heavy atom. The van der Waals surface area contributed by atoms with Gasteiger partial charge in [0, 0.05) is 17.3 Å². The Labute approximate surface area is 223 Å². The summed E-state index contributed by atoms with van der Waals surface area (Å²) in [6.07, 6.45) is 3.80. The normalized spacial score (nSPS) is 23.9. The largest absolute Gasteiger partial charge is 0.454 e. The summed E-state index contributed by atoms with van der Waals surface area (Å²) in [4.78, 5) is 56.3. The minimum Gasteiger partial charge on any atom is -0.454 e. The summed E-state index contributed by atoms with van der Waals surface area (Å²) >= 11 is 0. The van der Waals surface area contributed by atoms with Crippen LogP contribution in [0.2, 0.25) is 0 Å². The molecule has 9 heteroatoms. The summed E-state index contributed by atoms with van der Waals surface area (Å²) < 4.78 is 16.6. The molecule has 4 atom stereocenters. The number of nitrogens with zero attached hydrogens (tertiary/aromatic N) is 2. The van der Waals surface area contributed by atoms with Crippen LogP contribution >= 0.6 is 0 Å². The standard InChI is InChI=1S/C30H22N2O7/c1-16(33)17-6-10-20(11-7-17)39-30(36)27-26-25(22-12-8-18-4-2-3-5-21(18)32(22)27)28(34)31(29(26)35)19-9-13-23-24(14-19)38-15-37-23/h2-14,22,25-27H,15H2,1H3. The molecule has 39 heavy (non-hydrogen) atoms. The van der Waals surface area contributed by atoms with Crippen LogP contribution in [0.15, 0.2) is 72.8 Å². The van der Waals surface area contributed by atoms with Crippen molar-refractivity contribution in [1.29, 1.82) is 0 Å². The first-order valence-electron chi connectivity index (χ1n) is 12.6. The van der Waals surface area contributed by atoms with Crippen LogP contribution in [0.1, 0.15) is 22.8 Å². The number of carbonyl (C=O) groups is 4. The molecule has 3 aromatic carbocycles. The number of amides is 2. The minimum absolute atomic E-state index is 0.0640. The van der Waals surface area contributed by atoms with Gasteiger partial charge in [-0.05, 0) is 55.0 Å². The Kier molecular flexibility index (Phi) is 5.09. The zero-order valence-corrected chi connectivity index (χ0v) is 20.8. The van der Waals surface area contributed by atoms with Crippen molar-refractivity contribution >= 4 is 41.0 Å². The van der Waals surface area contributed by atoms with Crippen molar-refractivity contribution in [2.75, 3.05) is 16.6 Å². The van der Waals surface area contributed by atoms with E-state index in [1.165, 1.54) is 6.92 Å². The highest BCUT2D eigenvalue weighted by Crippen LogP contribution is 2.50. The van der Waals surface area contributed by atoms with E-state index in [9.17, 15) is 19.2 Å². The van der Waals surface area contributed by atoms with Gasteiger partial charge in [-0.3, -0.25) is 14.4 Å². The lowest BCUT2D eigenvalue weighted by Gasteiger charge is -2.36. The van der Waals surface area contributed by atoms with Crippen LogP contribution in [0.25, 0.3) is 6.08 Å². The predicted octanol–water partition coefficient (Wildman–Crippen LogP) is 3.61. The number of hydrogen-bond donors (Lipinski definition) is 0. The molecule has 3 aromatic rings. The van der Waals surface area contributed by atoms with Gasteiger partial charge in [0.15, 0.2) is 17.3 Å². The van der Waals surface area contributed by atoms with Crippen LogP contribution in [0.3, 0.4) is 0 Å². The number of imide groups is 1. The van der Waals surface area contributed by atoms with Crippen molar-refractivity contribution < 1.29 is 33.4 Å². The molecule has 2 saturated heterocycles. The van der Waals surface area contributed by atoms with E-state index in [-0.39, 0.29) is 24.2 Å². The van der Waals surface area contributed by atoms with Gasteiger partial charge >= 0.3 is 5.97 Å². The SMILES string of the molecule is CC(=O)c1ccc(OC(=O)C2C3C(=O)N(c4ccc5c(c4)OCO5)C(=O)C3C3C=Cc4ccccc4N32)cc1. The zero-order chi connectivity index (χ0) is 26.8. The van der Waals surface area contributed by atoms with Crippen LogP contribution in [-0.4, -0.2) is 42.4 Å². The number of carbonyl (C=O) groups excluding carboxylic acids is 4. The van der Waals surface area contributed by atoms with E-state index in [0.717, 1.165) is 16.2 Å². The first-order valence-corrected chi connectivity index (χ1v) is 12.6. The first-order chi connectivity index (χ1) is 18.9. The first kappa shape index (κ1) is 23.2. The van der Waals surface area contributed by atoms with E-state index >= 15 is 0 Å². The van der Waals surface area contributed by atoms with Gasteiger partial charge in [-0.15, -0.1) is 0 Å². The average Bonchev–Trinajstić information content (AvgIpc) is 3.62. The number of anilines is 2. The Hall–Kier alpha value is -4.92. The topological polar surface area (TPSA) is 102 Å². The second kappa shape index (κ2) is 8.56. The summed E-state index contributed by atoms with van der Waals surface area (Å²) in [5.41, 5.74) is 2.48. The number of ketones is 1.